The van der Waals surface area contributed by atoms with Crippen LogP contribution in [0.25, 0.3) is 0 Å². The number of halogens is 1. The molecule has 1 aliphatic rings. The molecule has 0 unspecified atom stereocenters. The van der Waals surface area contributed by atoms with Gasteiger partial charge in [-0.3, -0.25) is 14.4 Å². The molecule has 0 bridgehead atoms. The summed E-state index contributed by atoms with van der Waals surface area (Å²) in [5.74, 6) is -1.04. The maximum absolute atomic E-state index is 13.5. The van der Waals surface area contributed by atoms with Crippen molar-refractivity contribution in [1.82, 2.24) is 15.5 Å². The number of piperidine rings is 1. The molecule has 0 aliphatic carbocycles. The zero-order valence-electron chi connectivity index (χ0n) is 20.3. The molecular formula is C27H34FN3O3. The van der Waals surface area contributed by atoms with Crippen molar-refractivity contribution in [3.05, 3.63) is 71.0 Å². The van der Waals surface area contributed by atoms with E-state index in [2.05, 4.69) is 10.6 Å². The van der Waals surface area contributed by atoms with E-state index in [1.54, 1.807) is 23.1 Å². The van der Waals surface area contributed by atoms with E-state index >= 15 is 0 Å². The largest absolute Gasteiger partial charge is 0.352 e. The third kappa shape index (κ3) is 6.22. The van der Waals surface area contributed by atoms with Crippen LogP contribution in [-0.4, -0.2) is 47.8 Å². The molecule has 1 heterocycles. The number of amides is 3. The lowest BCUT2D eigenvalue weighted by atomic mass is 9.87. The predicted molar refractivity (Wildman–Crippen MR) is 130 cm³/mol. The van der Waals surface area contributed by atoms with E-state index in [0.29, 0.717) is 37.1 Å². The fourth-order valence-electron chi connectivity index (χ4n) is 4.16. The summed E-state index contributed by atoms with van der Waals surface area (Å²) in [6.45, 7) is 8.74. The van der Waals surface area contributed by atoms with Crippen molar-refractivity contribution >= 4 is 17.7 Å². The van der Waals surface area contributed by atoms with E-state index in [0.717, 1.165) is 5.56 Å². The van der Waals surface area contributed by atoms with Gasteiger partial charge in [0.1, 0.15) is 11.9 Å². The lowest BCUT2D eigenvalue weighted by Crippen LogP contribution is -2.55. The summed E-state index contributed by atoms with van der Waals surface area (Å²) in [6, 6.07) is 12.2. The van der Waals surface area contributed by atoms with Crippen molar-refractivity contribution in [3.8, 4) is 0 Å². The lowest BCUT2D eigenvalue weighted by molar-refractivity contribution is -0.125. The number of hydrogen-bond acceptors (Lipinski definition) is 3. The molecule has 1 fully saturated rings. The maximum Gasteiger partial charge on any atom is 0.253 e. The van der Waals surface area contributed by atoms with Gasteiger partial charge in [-0.25, -0.2) is 4.39 Å². The molecule has 2 aromatic carbocycles. The van der Waals surface area contributed by atoms with E-state index in [9.17, 15) is 18.8 Å². The molecule has 2 atom stereocenters. The first kappa shape index (κ1) is 25.4. The fraction of sp³-hybridized carbons (Fsp3) is 0.444. The van der Waals surface area contributed by atoms with Crippen LogP contribution in [0.3, 0.4) is 0 Å². The number of aryl methyl sites for hydroxylation is 1. The molecular weight excluding hydrogens is 433 g/mol. The second kappa shape index (κ2) is 11.3. The number of rotatable bonds is 7. The van der Waals surface area contributed by atoms with Gasteiger partial charge in [0.2, 0.25) is 5.91 Å². The van der Waals surface area contributed by atoms with Crippen molar-refractivity contribution < 1.29 is 18.8 Å². The molecule has 6 nitrogen and oxygen atoms in total. The van der Waals surface area contributed by atoms with Gasteiger partial charge in [-0.05, 0) is 68.4 Å². The summed E-state index contributed by atoms with van der Waals surface area (Å²) in [5.41, 5.74) is 1.69. The van der Waals surface area contributed by atoms with Gasteiger partial charge in [0.25, 0.3) is 11.8 Å². The molecule has 182 valence electrons. The number of carbonyl (C=O) groups excluding carboxylic acids is 3. The first-order chi connectivity index (χ1) is 16.2. The van der Waals surface area contributed by atoms with E-state index in [1.165, 1.54) is 18.2 Å². The summed E-state index contributed by atoms with van der Waals surface area (Å²) < 4.78 is 13.5. The highest BCUT2D eigenvalue weighted by Crippen LogP contribution is 2.24. The summed E-state index contributed by atoms with van der Waals surface area (Å²) >= 11 is 0. The summed E-state index contributed by atoms with van der Waals surface area (Å²) in [7, 11) is 0. The summed E-state index contributed by atoms with van der Waals surface area (Å²) in [6.07, 6.45) is 1.12. The van der Waals surface area contributed by atoms with Crippen molar-refractivity contribution in [1.29, 1.82) is 0 Å². The number of nitrogens with one attached hydrogen (secondary N) is 2. The molecule has 7 heteroatoms. The third-order valence-corrected chi connectivity index (χ3v) is 6.70. The molecule has 0 radical (unpaired) electrons. The number of benzene rings is 2. The molecule has 3 rings (SSSR count). The van der Waals surface area contributed by atoms with Crippen LogP contribution in [-0.2, 0) is 4.79 Å². The number of hydrogen-bond donors (Lipinski definition) is 2. The van der Waals surface area contributed by atoms with Crippen LogP contribution in [0.2, 0.25) is 0 Å². The minimum atomic E-state index is -0.709. The highest BCUT2D eigenvalue weighted by Gasteiger charge is 2.35. The highest BCUT2D eigenvalue weighted by atomic mass is 19.1. The Hall–Kier alpha value is -3.22. The smallest absolute Gasteiger partial charge is 0.253 e. The third-order valence-electron chi connectivity index (χ3n) is 6.70. The Labute approximate surface area is 200 Å². The normalized spacial score (nSPS) is 16.1. The molecule has 0 saturated carbocycles. The zero-order valence-corrected chi connectivity index (χ0v) is 20.3. The van der Waals surface area contributed by atoms with Gasteiger partial charge in [0, 0.05) is 30.3 Å². The fourth-order valence-corrected chi connectivity index (χ4v) is 4.16. The standard InChI is InChI=1S/C27H34FN3O3/c1-17(2)19(4)29-26(33)24(30-25(32)23-11-6-5-8-18(23)3)20-12-14-31(15-13-20)27(34)21-9-7-10-22(28)16-21/h5-11,16-17,19-20,24H,12-15H2,1-4H3,(H,29,33)(H,30,32)/t19-,24+/m1/s1. The van der Waals surface area contributed by atoms with Gasteiger partial charge >= 0.3 is 0 Å². The van der Waals surface area contributed by atoms with E-state index in [1.807, 2.05) is 39.8 Å². The number of carbonyl (C=O) groups is 3. The Balaban J connectivity index is 1.73. The molecule has 0 aromatic heterocycles. The Morgan fingerprint density at radius 3 is 2.26 bits per heavy atom. The lowest BCUT2D eigenvalue weighted by Gasteiger charge is -2.36. The van der Waals surface area contributed by atoms with Crippen LogP contribution in [0.1, 0.15) is 59.9 Å². The van der Waals surface area contributed by atoms with Crippen LogP contribution in [0.5, 0.6) is 0 Å². The second-order valence-electron chi connectivity index (χ2n) is 9.45. The van der Waals surface area contributed by atoms with Gasteiger partial charge in [-0.2, -0.15) is 0 Å². The van der Waals surface area contributed by atoms with Crippen LogP contribution < -0.4 is 10.6 Å². The van der Waals surface area contributed by atoms with Crippen LogP contribution in [0, 0.1) is 24.6 Å². The molecule has 2 aromatic rings. The van der Waals surface area contributed by atoms with E-state index in [4.69, 9.17) is 0 Å². The van der Waals surface area contributed by atoms with Crippen molar-refractivity contribution in [3.63, 3.8) is 0 Å². The molecule has 1 saturated heterocycles. The van der Waals surface area contributed by atoms with Gasteiger partial charge < -0.3 is 15.5 Å². The number of likely N-dealkylation sites (tertiary alicyclic amines) is 1. The van der Waals surface area contributed by atoms with Gasteiger partial charge in [-0.1, -0.05) is 38.1 Å². The Bertz CT molecular complexity index is 1030. The summed E-state index contributed by atoms with van der Waals surface area (Å²) in [5, 5.41) is 6.01. The molecule has 3 amide bonds. The van der Waals surface area contributed by atoms with Gasteiger partial charge in [0.15, 0.2) is 0 Å². The Morgan fingerprint density at radius 1 is 0.971 bits per heavy atom. The quantitative estimate of drug-likeness (QED) is 0.647. The average molecular weight is 468 g/mol. The monoisotopic (exact) mass is 467 g/mol. The zero-order chi connectivity index (χ0) is 24.8. The van der Waals surface area contributed by atoms with Crippen molar-refractivity contribution in [2.75, 3.05) is 13.1 Å². The van der Waals surface area contributed by atoms with Crippen LogP contribution in [0.4, 0.5) is 4.39 Å². The first-order valence-corrected chi connectivity index (χ1v) is 11.9. The highest BCUT2D eigenvalue weighted by molar-refractivity contribution is 5.99. The van der Waals surface area contributed by atoms with Crippen molar-refractivity contribution in [2.45, 2.75) is 52.6 Å². The average Bonchev–Trinajstić information content (AvgIpc) is 2.82. The van der Waals surface area contributed by atoms with Gasteiger partial charge in [0.05, 0.1) is 0 Å². The topological polar surface area (TPSA) is 78.5 Å². The molecule has 2 N–H and O–H groups in total. The summed E-state index contributed by atoms with van der Waals surface area (Å²) in [4.78, 5) is 40.8. The molecule has 0 spiro atoms. The van der Waals surface area contributed by atoms with Gasteiger partial charge in [-0.15, -0.1) is 0 Å². The minimum absolute atomic E-state index is 0.0417. The number of nitrogens with zero attached hydrogens (tertiary/aromatic N) is 1. The SMILES string of the molecule is Cc1ccccc1C(=O)N[C@H](C(=O)N[C@H](C)C(C)C)C1CCN(C(=O)c2cccc(F)c2)CC1. The van der Waals surface area contributed by atoms with E-state index < -0.39 is 11.9 Å². The molecule has 34 heavy (non-hydrogen) atoms. The van der Waals surface area contributed by atoms with Crippen molar-refractivity contribution in [2.24, 2.45) is 11.8 Å². The Kier molecular flexibility index (Phi) is 8.42. The van der Waals surface area contributed by atoms with Crippen LogP contribution in [0.15, 0.2) is 48.5 Å². The molecule has 1 aliphatic heterocycles. The second-order valence-corrected chi connectivity index (χ2v) is 9.45. The minimum Gasteiger partial charge on any atom is -0.352 e. The Morgan fingerprint density at radius 2 is 1.65 bits per heavy atom. The van der Waals surface area contributed by atoms with E-state index in [-0.39, 0.29) is 35.6 Å². The predicted octanol–water partition coefficient (Wildman–Crippen LogP) is 3.95. The maximum atomic E-state index is 13.5. The first-order valence-electron chi connectivity index (χ1n) is 11.9. The van der Waals surface area contributed by atoms with Crippen LogP contribution >= 0.6 is 0 Å².